The lowest BCUT2D eigenvalue weighted by molar-refractivity contribution is 0.0779. The first-order valence-electron chi connectivity index (χ1n) is 6.44. The van der Waals surface area contributed by atoms with Gasteiger partial charge in [0.05, 0.1) is 5.69 Å². The zero-order valence-electron chi connectivity index (χ0n) is 11.8. The topological polar surface area (TPSA) is 64.2 Å². The number of nitrogens with two attached hydrogens (primary N) is 1. The Morgan fingerprint density at radius 3 is 2.48 bits per heavy atom. The maximum atomic E-state index is 12.4. The molecule has 5 nitrogen and oxygen atoms in total. The molecule has 0 aliphatic heterocycles. The summed E-state index contributed by atoms with van der Waals surface area (Å²) in [4.78, 5) is 13.9. The van der Waals surface area contributed by atoms with Gasteiger partial charge in [0.2, 0.25) is 0 Å². The summed E-state index contributed by atoms with van der Waals surface area (Å²) in [5, 5.41) is 5.24. The van der Waals surface area contributed by atoms with Gasteiger partial charge >= 0.3 is 0 Å². The third-order valence-electron chi connectivity index (χ3n) is 3.01. The van der Waals surface area contributed by atoms with Gasteiger partial charge in [-0.25, -0.2) is 0 Å². The third kappa shape index (κ3) is 3.68. The van der Waals surface area contributed by atoms with Gasteiger partial charge in [-0.2, -0.15) is 5.10 Å². The number of aromatic nitrogens is 2. The number of hydrogen-bond donors (Lipinski definition) is 1. The zero-order valence-corrected chi connectivity index (χ0v) is 13.3. The van der Waals surface area contributed by atoms with Crippen LogP contribution < -0.4 is 5.73 Å². The molecule has 1 heterocycles. The summed E-state index contributed by atoms with van der Waals surface area (Å²) >= 11 is 11.9. The normalized spacial score (nSPS) is 10.7. The molecule has 0 aliphatic carbocycles. The Bertz CT molecular complexity index is 649. The summed E-state index contributed by atoms with van der Waals surface area (Å²) in [6.45, 7) is 2.96. The number of hydrogen-bond acceptors (Lipinski definition) is 3. The van der Waals surface area contributed by atoms with Gasteiger partial charge in [0.1, 0.15) is 0 Å². The first kappa shape index (κ1) is 15.7. The van der Waals surface area contributed by atoms with E-state index < -0.39 is 0 Å². The van der Waals surface area contributed by atoms with Gasteiger partial charge in [0, 0.05) is 36.4 Å². The Morgan fingerprint density at radius 2 is 1.95 bits per heavy atom. The lowest BCUT2D eigenvalue weighted by Crippen LogP contribution is -2.27. The fourth-order valence-electron chi connectivity index (χ4n) is 1.99. The highest BCUT2D eigenvalue weighted by Crippen LogP contribution is 2.21. The third-order valence-corrected chi connectivity index (χ3v) is 3.44. The number of rotatable bonds is 4. The lowest BCUT2D eigenvalue weighted by Gasteiger charge is -2.16. The van der Waals surface area contributed by atoms with E-state index in [0.29, 0.717) is 28.8 Å². The molecule has 21 heavy (non-hydrogen) atoms. The van der Waals surface area contributed by atoms with Crippen molar-refractivity contribution in [1.29, 1.82) is 0 Å². The highest BCUT2D eigenvalue weighted by Gasteiger charge is 2.19. The summed E-state index contributed by atoms with van der Waals surface area (Å²) in [5.74, 6) is -0.240. The van der Waals surface area contributed by atoms with E-state index in [0.717, 1.165) is 5.56 Å². The van der Waals surface area contributed by atoms with E-state index in [4.69, 9.17) is 28.9 Å². The Kier molecular flexibility index (Phi) is 4.75. The van der Waals surface area contributed by atoms with E-state index in [9.17, 15) is 4.79 Å². The molecule has 0 fully saturated rings. The van der Waals surface area contributed by atoms with E-state index in [1.54, 1.807) is 36.1 Å². The number of halogens is 2. The molecule has 0 saturated carbocycles. The Morgan fingerprint density at radius 1 is 1.33 bits per heavy atom. The number of benzene rings is 1. The number of carbonyl (C=O) groups excluding carboxylic acids is 1. The summed E-state index contributed by atoms with van der Waals surface area (Å²) in [6, 6.07) is 5.19. The number of amides is 1. The van der Waals surface area contributed by atoms with E-state index in [1.165, 1.54) is 4.90 Å². The van der Waals surface area contributed by atoms with Crippen LogP contribution in [0, 0.1) is 0 Å². The number of aryl methyl sites for hydroxylation is 1. The molecular weight excluding hydrogens is 311 g/mol. The smallest absolute Gasteiger partial charge is 0.276 e. The molecule has 0 atom stereocenters. The molecule has 2 aromatic rings. The van der Waals surface area contributed by atoms with E-state index in [2.05, 4.69) is 5.10 Å². The summed E-state index contributed by atoms with van der Waals surface area (Å²) < 4.78 is 1.63. The molecule has 2 rings (SSSR count). The second-order valence-corrected chi connectivity index (χ2v) is 5.60. The van der Waals surface area contributed by atoms with Crippen LogP contribution in [-0.2, 0) is 13.1 Å². The van der Waals surface area contributed by atoms with Crippen LogP contribution >= 0.6 is 23.2 Å². The van der Waals surface area contributed by atoms with Gasteiger partial charge in [0.15, 0.2) is 5.69 Å². The lowest BCUT2D eigenvalue weighted by atomic mass is 10.2. The maximum Gasteiger partial charge on any atom is 0.276 e. The summed E-state index contributed by atoms with van der Waals surface area (Å²) in [6.07, 6.45) is 1.65. The maximum absolute atomic E-state index is 12.4. The van der Waals surface area contributed by atoms with E-state index in [1.807, 2.05) is 6.92 Å². The molecular formula is C14H16Cl2N4O. The SMILES string of the molecule is CCn1cc(N)c(C(=O)N(C)Cc2cc(Cl)cc(Cl)c2)n1. The average molecular weight is 327 g/mol. The molecule has 2 N–H and O–H groups in total. The van der Waals surface area contributed by atoms with Crippen LogP contribution in [-0.4, -0.2) is 27.6 Å². The molecule has 1 aromatic heterocycles. The fraction of sp³-hybridized carbons (Fsp3) is 0.286. The summed E-state index contributed by atoms with van der Waals surface area (Å²) in [7, 11) is 1.68. The minimum absolute atomic E-state index is 0.240. The predicted molar refractivity (Wildman–Crippen MR) is 84.6 cm³/mol. The standard InChI is InChI=1S/C14H16Cl2N4O/c1-3-20-8-12(17)13(18-20)14(21)19(2)7-9-4-10(15)6-11(16)5-9/h4-6,8H,3,7,17H2,1-2H3. The van der Waals surface area contributed by atoms with Crippen molar-refractivity contribution < 1.29 is 4.79 Å². The first-order chi connectivity index (χ1) is 9.90. The van der Waals surface area contributed by atoms with Crippen molar-refractivity contribution in [1.82, 2.24) is 14.7 Å². The van der Waals surface area contributed by atoms with Crippen molar-refractivity contribution in [2.75, 3.05) is 12.8 Å². The van der Waals surface area contributed by atoms with Crippen molar-refractivity contribution in [3.05, 3.63) is 45.7 Å². The molecule has 0 radical (unpaired) electrons. The monoisotopic (exact) mass is 326 g/mol. The molecule has 0 unspecified atom stereocenters. The molecule has 0 aliphatic rings. The molecule has 7 heteroatoms. The highest BCUT2D eigenvalue weighted by molar-refractivity contribution is 6.34. The van der Waals surface area contributed by atoms with Crippen LogP contribution in [0.25, 0.3) is 0 Å². The first-order valence-corrected chi connectivity index (χ1v) is 7.19. The van der Waals surface area contributed by atoms with Gasteiger partial charge < -0.3 is 10.6 Å². The van der Waals surface area contributed by atoms with Crippen molar-refractivity contribution >= 4 is 34.8 Å². The van der Waals surface area contributed by atoms with Crippen LogP contribution in [0.4, 0.5) is 5.69 Å². The molecule has 112 valence electrons. The van der Waals surface area contributed by atoms with Gasteiger partial charge in [-0.05, 0) is 30.7 Å². The zero-order chi connectivity index (χ0) is 15.6. The van der Waals surface area contributed by atoms with E-state index >= 15 is 0 Å². The van der Waals surface area contributed by atoms with Gasteiger partial charge in [0.25, 0.3) is 5.91 Å². The summed E-state index contributed by atoms with van der Waals surface area (Å²) in [5.41, 5.74) is 7.30. The van der Waals surface area contributed by atoms with Crippen LogP contribution in [0.5, 0.6) is 0 Å². The second kappa shape index (κ2) is 6.37. The number of nitrogens with zero attached hydrogens (tertiary/aromatic N) is 3. The fourth-order valence-corrected chi connectivity index (χ4v) is 2.56. The number of nitrogen functional groups attached to an aromatic ring is 1. The van der Waals surface area contributed by atoms with Crippen LogP contribution in [0.3, 0.4) is 0 Å². The van der Waals surface area contributed by atoms with Crippen molar-refractivity contribution in [2.24, 2.45) is 0 Å². The highest BCUT2D eigenvalue weighted by atomic mass is 35.5. The van der Waals surface area contributed by atoms with Crippen molar-refractivity contribution in [2.45, 2.75) is 20.0 Å². The number of anilines is 1. The minimum atomic E-state index is -0.240. The largest absolute Gasteiger partial charge is 0.396 e. The predicted octanol–water partition coefficient (Wildman–Crippen LogP) is 3.06. The minimum Gasteiger partial charge on any atom is -0.396 e. The molecule has 0 bridgehead atoms. The van der Waals surface area contributed by atoms with Gasteiger partial charge in [-0.15, -0.1) is 0 Å². The Balaban J connectivity index is 2.17. The molecule has 0 saturated heterocycles. The number of carbonyl (C=O) groups is 1. The van der Waals surface area contributed by atoms with Crippen LogP contribution in [0.2, 0.25) is 10.0 Å². The van der Waals surface area contributed by atoms with Crippen LogP contribution in [0.15, 0.2) is 24.4 Å². The van der Waals surface area contributed by atoms with Crippen LogP contribution in [0.1, 0.15) is 23.0 Å². The molecule has 0 spiro atoms. The van der Waals surface area contributed by atoms with Crippen molar-refractivity contribution in [3.8, 4) is 0 Å². The quantitative estimate of drug-likeness (QED) is 0.939. The Hall–Kier alpha value is -1.72. The van der Waals surface area contributed by atoms with Gasteiger partial charge in [-0.3, -0.25) is 9.48 Å². The molecule has 1 amide bonds. The van der Waals surface area contributed by atoms with E-state index in [-0.39, 0.29) is 11.6 Å². The van der Waals surface area contributed by atoms with Gasteiger partial charge in [-0.1, -0.05) is 23.2 Å². The van der Waals surface area contributed by atoms with Crippen molar-refractivity contribution in [3.63, 3.8) is 0 Å². The average Bonchev–Trinajstić information content (AvgIpc) is 2.77. The second-order valence-electron chi connectivity index (χ2n) is 4.73. The Labute approximate surface area is 133 Å². The molecule has 1 aromatic carbocycles.